The van der Waals surface area contributed by atoms with E-state index < -0.39 is 0 Å². The smallest absolute Gasteiger partial charge is 0.245 e. The van der Waals surface area contributed by atoms with Crippen molar-refractivity contribution in [2.45, 2.75) is 19.5 Å². The molecule has 1 amide bonds. The number of carbonyl (C=O) groups excluding carboxylic acids is 1. The lowest BCUT2D eigenvalue weighted by molar-refractivity contribution is -0.124. The number of nitrogens with one attached hydrogen (secondary N) is 1. The molecule has 1 atom stereocenters. The van der Waals surface area contributed by atoms with Crippen molar-refractivity contribution in [3.8, 4) is 0 Å². The molecule has 5 nitrogen and oxygen atoms in total. The van der Waals surface area contributed by atoms with Crippen molar-refractivity contribution in [1.29, 1.82) is 0 Å². The monoisotopic (exact) mass is 263 g/mol. The van der Waals surface area contributed by atoms with Gasteiger partial charge in [0.2, 0.25) is 5.91 Å². The summed E-state index contributed by atoms with van der Waals surface area (Å²) in [5.74, 6) is 0.00836. The number of hydrogen-bond donors (Lipinski definition) is 2. The van der Waals surface area contributed by atoms with Crippen LogP contribution in [0.4, 0.5) is 5.69 Å². The normalized spacial score (nSPS) is 19.3. The van der Waals surface area contributed by atoms with E-state index in [1.165, 1.54) is 0 Å². The second-order valence-electron chi connectivity index (χ2n) is 4.51. The summed E-state index contributed by atoms with van der Waals surface area (Å²) in [7, 11) is 0. The third kappa shape index (κ3) is 3.05. The van der Waals surface area contributed by atoms with Crippen LogP contribution in [-0.2, 0) is 16.1 Å². The molecule has 1 aromatic carbocycles. The lowest BCUT2D eigenvalue weighted by atomic mass is 10.1. The number of amides is 1. The first kappa shape index (κ1) is 13.8. The van der Waals surface area contributed by atoms with E-state index in [2.05, 4.69) is 10.2 Å². The predicted octanol–water partition coefficient (Wildman–Crippen LogP) is 0.487. The van der Waals surface area contributed by atoms with Crippen molar-refractivity contribution < 1.29 is 9.53 Å². The van der Waals surface area contributed by atoms with Crippen molar-refractivity contribution in [1.82, 2.24) is 5.32 Å². The van der Waals surface area contributed by atoms with Crippen LogP contribution in [0.1, 0.15) is 12.5 Å². The first-order valence-corrected chi connectivity index (χ1v) is 6.68. The third-order valence-electron chi connectivity index (χ3n) is 3.30. The molecule has 1 heterocycles. The minimum atomic E-state index is -0.276. The van der Waals surface area contributed by atoms with E-state index in [1.54, 1.807) is 0 Å². The molecule has 5 heteroatoms. The second kappa shape index (κ2) is 6.54. The second-order valence-corrected chi connectivity index (χ2v) is 4.51. The van der Waals surface area contributed by atoms with Crippen LogP contribution in [0.15, 0.2) is 24.3 Å². The first-order chi connectivity index (χ1) is 9.27. The lowest BCUT2D eigenvalue weighted by Crippen LogP contribution is -2.54. The lowest BCUT2D eigenvalue weighted by Gasteiger charge is -2.37. The zero-order valence-electron chi connectivity index (χ0n) is 11.3. The quantitative estimate of drug-likeness (QED) is 0.829. The van der Waals surface area contributed by atoms with Crippen LogP contribution in [0.3, 0.4) is 0 Å². The van der Waals surface area contributed by atoms with Gasteiger partial charge in [0, 0.05) is 25.3 Å². The van der Waals surface area contributed by atoms with Crippen LogP contribution in [0.2, 0.25) is 0 Å². The Labute approximate surface area is 113 Å². The fraction of sp³-hybridized carbons (Fsp3) is 0.500. The fourth-order valence-corrected chi connectivity index (χ4v) is 2.36. The van der Waals surface area contributed by atoms with Crippen molar-refractivity contribution in [2.75, 3.05) is 31.2 Å². The molecule has 1 saturated heterocycles. The molecule has 0 aliphatic carbocycles. The molecule has 0 aromatic heterocycles. The Hall–Kier alpha value is -1.59. The minimum absolute atomic E-state index is 0.00836. The summed E-state index contributed by atoms with van der Waals surface area (Å²) < 4.78 is 5.44. The van der Waals surface area contributed by atoms with Gasteiger partial charge in [0.25, 0.3) is 0 Å². The number of rotatable bonds is 4. The molecule has 3 N–H and O–H groups in total. The molecule has 104 valence electrons. The molecule has 0 radical (unpaired) electrons. The highest BCUT2D eigenvalue weighted by Crippen LogP contribution is 2.24. The molecule has 1 fully saturated rings. The average molecular weight is 263 g/mol. The highest BCUT2D eigenvalue weighted by Gasteiger charge is 2.30. The number of nitrogens with zero attached hydrogens (tertiary/aromatic N) is 1. The van der Waals surface area contributed by atoms with Gasteiger partial charge in [-0.1, -0.05) is 18.2 Å². The molecule has 0 spiro atoms. The van der Waals surface area contributed by atoms with Gasteiger partial charge >= 0.3 is 0 Å². The maximum atomic E-state index is 12.1. The first-order valence-electron chi connectivity index (χ1n) is 6.68. The summed E-state index contributed by atoms with van der Waals surface area (Å²) in [6, 6.07) is 7.67. The van der Waals surface area contributed by atoms with E-state index in [0.29, 0.717) is 32.8 Å². The molecule has 0 saturated carbocycles. The molecule has 1 aliphatic rings. The Morgan fingerprint density at radius 1 is 1.53 bits per heavy atom. The summed E-state index contributed by atoms with van der Waals surface area (Å²) in [6.07, 6.45) is 0. The zero-order chi connectivity index (χ0) is 13.7. The molecule has 0 bridgehead atoms. The number of para-hydroxylation sites is 1. The number of nitrogens with two attached hydrogens (primary N) is 1. The van der Waals surface area contributed by atoms with Crippen LogP contribution in [0.25, 0.3) is 0 Å². The number of morpholine rings is 1. The minimum Gasteiger partial charge on any atom is -0.377 e. The maximum absolute atomic E-state index is 12.1. The molecule has 2 rings (SSSR count). The summed E-state index contributed by atoms with van der Waals surface area (Å²) in [4.78, 5) is 14.2. The van der Waals surface area contributed by atoms with Gasteiger partial charge in [-0.15, -0.1) is 0 Å². The summed E-state index contributed by atoms with van der Waals surface area (Å²) >= 11 is 0. The van der Waals surface area contributed by atoms with Gasteiger partial charge in [-0.3, -0.25) is 4.79 Å². The molecular weight excluding hydrogens is 242 g/mol. The average Bonchev–Trinajstić information content (AvgIpc) is 2.47. The van der Waals surface area contributed by atoms with Gasteiger partial charge in [0.1, 0.15) is 6.04 Å². The van der Waals surface area contributed by atoms with Crippen molar-refractivity contribution in [3.05, 3.63) is 29.8 Å². The van der Waals surface area contributed by atoms with Crippen LogP contribution >= 0.6 is 0 Å². The Kier molecular flexibility index (Phi) is 4.76. The van der Waals surface area contributed by atoms with Gasteiger partial charge in [0.15, 0.2) is 0 Å². The molecule has 1 aromatic rings. The van der Waals surface area contributed by atoms with E-state index in [0.717, 1.165) is 11.3 Å². The summed E-state index contributed by atoms with van der Waals surface area (Å²) in [5.41, 5.74) is 7.87. The number of anilines is 1. The van der Waals surface area contributed by atoms with E-state index in [-0.39, 0.29) is 11.9 Å². The van der Waals surface area contributed by atoms with E-state index in [4.69, 9.17) is 10.5 Å². The summed E-state index contributed by atoms with van der Waals surface area (Å²) in [5, 5.41) is 2.86. The van der Waals surface area contributed by atoms with Gasteiger partial charge in [-0.25, -0.2) is 0 Å². The molecule has 1 aliphatic heterocycles. The van der Waals surface area contributed by atoms with Gasteiger partial charge < -0.3 is 20.7 Å². The number of hydrogen-bond acceptors (Lipinski definition) is 4. The molecular formula is C14H21N3O2. The van der Waals surface area contributed by atoms with Crippen LogP contribution < -0.4 is 16.0 Å². The van der Waals surface area contributed by atoms with E-state index >= 15 is 0 Å². The van der Waals surface area contributed by atoms with Gasteiger partial charge in [-0.2, -0.15) is 0 Å². The Bertz CT molecular complexity index is 436. The number of benzene rings is 1. The fourth-order valence-electron chi connectivity index (χ4n) is 2.36. The Morgan fingerprint density at radius 3 is 3.05 bits per heavy atom. The van der Waals surface area contributed by atoms with Crippen LogP contribution in [-0.4, -0.2) is 38.3 Å². The predicted molar refractivity (Wildman–Crippen MR) is 75.0 cm³/mol. The Balaban J connectivity index is 2.26. The third-order valence-corrected chi connectivity index (χ3v) is 3.30. The largest absolute Gasteiger partial charge is 0.377 e. The van der Waals surface area contributed by atoms with Crippen LogP contribution in [0.5, 0.6) is 0 Å². The highest BCUT2D eigenvalue weighted by molar-refractivity contribution is 5.86. The van der Waals surface area contributed by atoms with Crippen molar-refractivity contribution in [2.24, 2.45) is 5.73 Å². The molecule has 1 unspecified atom stereocenters. The SMILES string of the molecule is CCNC(=O)C1COCCN1c1ccccc1CN. The van der Waals surface area contributed by atoms with Crippen molar-refractivity contribution in [3.63, 3.8) is 0 Å². The van der Waals surface area contributed by atoms with E-state index in [1.807, 2.05) is 31.2 Å². The van der Waals surface area contributed by atoms with E-state index in [9.17, 15) is 4.79 Å². The number of carbonyl (C=O) groups is 1. The van der Waals surface area contributed by atoms with Gasteiger partial charge in [-0.05, 0) is 18.6 Å². The standard InChI is InChI=1S/C14H21N3O2/c1-2-16-14(18)13-10-19-8-7-17(13)12-6-4-3-5-11(12)9-15/h3-6,13H,2,7-10,15H2,1H3,(H,16,18). The van der Waals surface area contributed by atoms with Gasteiger partial charge in [0.05, 0.1) is 13.2 Å². The van der Waals surface area contributed by atoms with Crippen molar-refractivity contribution >= 4 is 11.6 Å². The molecule has 19 heavy (non-hydrogen) atoms. The summed E-state index contributed by atoms with van der Waals surface area (Å²) in [6.45, 7) is 4.77. The zero-order valence-corrected chi connectivity index (χ0v) is 11.3. The number of likely N-dealkylation sites (N-methyl/N-ethyl adjacent to an activating group) is 1. The van der Waals surface area contributed by atoms with Crippen LogP contribution in [0, 0.1) is 0 Å². The highest BCUT2D eigenvalue weighted by atomic mass is 16.5. The topological polar surface area (TPSA) is 67.6 Å². The number of ether oxygens (including phenoxy) is 1. The maximum Gasteiger partial charge on any atom is 0.245 e. The Morgan fingerprint density at radius 2 is 2.32 bits per heavy atom.